The topological polar surface area (TPSA) is 65.3 Å². The van der Waals surface area contributed by atoms with Gasteiger partial charge >= 0.3 is 0 Å². The van der Waals surface area contributed by atoms with Gasteiger partial charge in [-0.3, -0.25) is 15.1 Å². The summed E-state index contributed by atoms with van der Waals surface area (Å²) in [5.74, 6) is 1.14. The zero-order valence-electron chi connectivity index (χ0n) is 8.54. The first-order chi connectivity index (χ1) is 8.16. The summed E-state index contributed by atoms with van der Waals surface area (Å²) in [6, 6.07) is 7.58. The number of halogens is 1. The molecule has 1 heterocycles. The van der Waals surface area contributed by atoms with Gasteiger partial charge in [0.15, 0.2) is 0 Å². The van der Waals surface area contributed by atoms with E-state index in [-0.39, 0.29) is 5.69 Å². The predicted octanol–water partition coefficient (Wildman–Crippen LogP) is 3.54. The van der Waals surface area contributed by atoms with Gasteiger partial charge < -0.3 is 4.74 Å². The minimum atomic E-state index is -0.452. The van der Waals surface area contributed by atoms with Gasteiger partial charge in [0.05, 0.1) is 9.40 Å². The number of hydrogen-bond donors (Lipinski definition) is 0. The van der Waals surface area contributed by atoms with Gasteiger partial charge in [0.25, 0.3) is 5.69 Å². The van der Waals surface area contributed by atoms with Crippen LogP contribution < -0.4 is 4.74 Å². The van der Waals surface area contributed by atoms with Crippen molar-refractivity contribution < 1.29 is 9.66 Å². The Labute approximate surface area is 105 Å². The number of rotatable bonds is 3. The van der Waals surface area contributed by atoms with E-state index >= 15 is 0 Å². The molecule has 0 N–H and O–H groups in total. The van der Waals surface area contributed by atoms with Gasteiger partial charge in [-0.2, -0.15) is 0 Å². The number of benzene rings is 1. The summed E-state index contributed by atoms with van der Waals surface area (Å²) in [5, 5.41) is 10.5. The standard InChI is InChI=1S/C11H7BrN2O3/c12-10-7-13-6-5-11(10)17-9-3-1-8(2-4-9)14(15)16/h1-7H. The molecule has 6 heteroatoms. The quantitative estimate of drug-likeness (QED) is 0.641. The second-order valence-corrected chi connectivity index (χ2v) is 4.01. The number of nitro benzene ring substituents is 1. The number of pyridine rings is 1. The van der Waals surface area contributed by atoms with Crippen LogP contribution in [0.15, 0.2) is 47.2 Å². The SMILES string of the molecule is O=[N+]([O-])c1ccc(Oc2ccncc2Br)cc1. The van der Waals surface area contributed by atoms with Gasteiger partial charge in [-0.15, -0.1) is 0 Å². The molecule has 0 atom stereocenters. The van der Waals surface area contributed by atoms with E-state index in [4.69, 9.17) is 4.74 Å². The average Bonchev–Trinajstić information content (AvgIpc) is 2.33. The smallest absolute Gasteiger partial charge is 0.269 e. The van der Waals surface area contributed by atoms with Crippen molar-refractivity contribution in [2.24, 2.45) is 0 Å². The molecule has 0 fully saturated rings. The Balaban J connectivity index is 2.20. The van der Waals surface area contributed by atoms with Gasteiger partial charge in [0.2, 0.25) is 0 Å². The maximum Gasteiger partial charge on any atom is 0.269 e. The molecule has 0 amide bonds. The second kappa shape index (κ2) is 4.92. The van der Waals surface area contributed by atoms with Crippen LogP contribution in [-0.2, 0) is 0 Å². The number of non-ortho nitro benzene ring substituents is 1. The first kappa shape index (κ1) is 11.5. The van der Waals surface area contributed by atoms with Crippen molar-refractivity contribution in [3.8, 4) is 11.5 Å². The fourth-order valence-corrected chi connectivity index (χ4v) is 1.54. The van der Waals surface area contributed by atoms with Crippen LogP contribution in [0.4, 0.5) is 5.69 Å². The molecule has 0 aliphatic rings. The molecule has 1 aromatic carbocycles. The van der Waals surface area contributed by atoms with E-state index in [9.17, 15) is 10.1 Å². The van der Waals surface area contributed by atoms with Gasteiger partial charge in [-0.25, -0.2) is 0 Å². The average molecular weight is 295 g/mol. The van der Waals surface area contributed by atoms with Crippen LogP contribution >= 0.6 is 15.9 Å². The lowest BCUT2D eigenvalue weighted by atomic mass is 10.3. The monoisotopic (exact) mass is 294 g/mol. The third kappa shape index (κ3) is 2.79. The fraction of sp³-hybridized carbons (Fsp3) is 0. The number of hydrogen-bond acceptors (Lipinski definition) is 4. The Morgan fingerprint density at radius 1 is 1.24 bits per heavy atom. The second-order valence-electron chi connectivity index (χ2n) is 3.16. The zero-order chi connectivity index (χ0) is 12.3. The lowest BCUT2D eigenvalue weighted by Gasteiger charge is -2.06. The third-order valence-corrected chi connectivity index (χ3v) is 2.61. The summed E-state index contributed by atoms with van der Waals surface area (Å²) < 4.78 is 6.26. The molecule has 0 radical (unpaired) electrons. The van der Waals surface area contributed by atoms with Gasteiger partial charge in [0, 0.05) is 30.6 Å². The minimum absolute atomic E-state index is 0.0335. The Bertz CT molecular complexity index is 543. The van der Waals surface area contributed by atoms with E-state index in [1.165, 1.54) is 12.1 Å². The molecular weight excluding hydrogens is 288 g/mol. The Hall–Kier alpha value is -1.95. The number of nitrogens with zero attached hydrogens (tertiary/aromatic N) is 2. The predicted molar refractivity (Wildman–Crippen MR) is 65.1 cm³/mol. The van der Waals surface area contributed by atoms with Crippen molar-refractivity contribution in [1.82, 2.24) is 4.98 Å². The van der Waals surface area contributed by atoms with Gasteiger partial charge in [-0.05, 0) is 28.1 Å². The fourth-order valence-electron chi connectivity index (χ4n) is 1.21. The van der Waals surface area contributed by atoms with Crippen molar-refractivity contribution in [1.29, 1.82) is 0 Å². The summed E-state index contributed by atoms with van der Waals surface area (Å²) in [7, 11) is 0. The summed E-state index contributed by atoms with van der Waals surface area (Å²) >= 11 is 3.30. The Morgan fingerprint density at radius 2 is 1.94 bits per heavy atom. The first-order valence-electron chi connectivity index (χ1n) is 4.68. The van der Waals surface area contributed by atoms with Crippen LogP contribution in [0.1, 0.15) is 0 Å². The first-order valence-corrected chi connectivity index (χ1v) is 5.48. The molecule has 1 aromatic heterocycles. The van der Waals surface area contributed by atoms with E-state index in [0.29, 0.717) is 11.5 Å². The molecule has 0 saturated carbocycles. The van der Waals surface area contributed by atoms with E-state index in [1.807, 2.05) is 0 Å². The normalized spacial score (nSPS) is 9.94. The molecule has 0 bridgehead atoms. The molecule has 0 aliphatic heterocycles. The molecule has 0 aliphatic carbocycles. The van der Waals surface area contributed by atoms with Crippen LogP contribution in [0.5, 0.6) is 11.5 Å². The molecular formula is C11H7BrN2O3. The minimum Gasteiger partial charge on any atom is -0.456 e. The summed E-state index contributed by atoms with van der Waals surface area (Å²) in [5.41, 5.74) is 0.0335. The lowest BCUT2D eigenvalue weighted by Crippen LogP contribution is -1.89. The number of aromatic nitrogens is 1. The maximum absolute atomic E-state index is 10.5. The number of ether oxygens (including phenoxy) is 1. The van der Waals surface area contributed by atoms with Crippen LogP contribution in [-0.4, -0.2) is 9.91 Å². The highest BCUT2D eigenvalue weighted by atomic mass is 79.9. The van der Waals surface area contributed by atoms with Crippen molar-refractivity contribution in [2.75, 3.05) is 0 Å². The Kier molecular flexibility index (Phi) is 3.34. The largest absolute Gasteiger partial charge is 0.456 e. The molecule has 0 saturated heterocycles. The third-order valence-electron chi connectivity index (χ3n) is 2.01. The number of nitro groups is 1. The Morgan fingerprint density at radius 3 is 2.53 bits per heavy atom. The highest BCUT2D eigenvalue weighted by Crippen LogP contribution is 2.29. The van der Waals surface area contributed by atoms with E-state index < -0.39 is 4.92 Å². The van der Waals surface area contributed by atoms with Crippen LogP contribution in [0.2, 0.25) is 0 Å². The van der Waals surface area contributed by atoms with E-state index in [2.05, 4.69) is 20.9 Å². The summed E-state index contributed by atoms with van der Waals surface area (Å²) in [6.07, 6.45) is 3.21. The molecule has 0 unspecified atom stereocenters. The highest BCUT2D eigenvalue weighted by molar-refractivity contribution is 9.10. The maximum atomic E-state index is 10.5. The van der Waals surface area contributed by atoms with Crippen molar-refractivity contribution in [2.45, 2.75) is 0 Å². The van der Waals surface area contributed by atoms with E-state index in [1.54, 1.807) is 30.6 Å². The van der Waals surface area contributed by atoms with Gasteiger partial charge in [-0.1, -0.05) is 0 Å². The van der Waals surface area contributed by atoms with Gasteiger partial charge in [0.1, 0.15) is 11.5 Å². The molecule has 0 spiro atoms. The van der Waals surface area contributed by atoms with E-state index in [0.717, 1.165) is 4.47 Å². The molecule has 2 aromatic rings. The van der Waals surface area contributed by atoms with Crippen LogP contribution in [0, 0.1) is 10.1 Å². The zero-order valence-corrected chi connectivity index (χ0v) is 10.1. The van der Waals surface area contributed by atoms with Crippen LogP contribution in [0.25, 0.3) is 0 Å². The van der Waals surface area contributed by atoms with Crippen molar-refractivity contribution >= 4 is 21.6 Å². The molecule has 86 valence electrons. The lowest BCUT2D eigenvalue weighted by molar-refractivity contribution is -0.384. The van der Waals surface area contributed by atoms with Crippen LogP contribution in [0.3, 0.4) is 0 Å². The van der Waals surface area contributed by atoms with Crippen molar-refractivity contribution in [3.63, 3.8) is 0 Å². The molecule has 5 nitrogen and oxygen atoms in total. The molecule has 17 heavy (non-hydrogen) atoms. The molecule has 2 rings (SSSR count). The summed E-state index contributed by atoms with van der Waals surface area (Å²) in [4.78, 5) is 13.9. The highest BCUT2D eigenvalue weighted by Gasteiger charge is 2.06. The van der Waals surface area contributed by atoms with Crippen molar-refractivity contribution in [3.05, 3.63) is 57.3 Å². The summed E-state index contributed by atoms with van der Waals surface area (Å²) in [6.45, 7) is 0.